The van der Waals surface area contributed by atoms with E-state index in [2.05, 4.69) is 4.98 Å². The monoisotopic (exact) mass is 535 g/mol. The van der Waals surface area contributed by atoms with Crippen LogP contribution in [0.5, 0.6) is 11.5 Å². The van der Waals surface area contributed by atoms with Crippen LogP contribution in [-0.2, 0) is 27.8 Å². The minimum Gasteiger partial charge on any atom is -0.493 e. The highest BCUT2D eigenvalue weighted by Gasteiger charge is 2.26. The molecule has 0 bridgehead atoms. The SMILES string of the molecule is COc1ccc(S(=O)(=O)N(CCc2c[nH]c3ccccc23)Cc2ccc(C=CC(=O)NO)cc2)cc1OC. The number of carbonyl (C=O) groups excluding carboxylic acids is 1. The van der Waals surface area contributed by atoms with Gasteiger partial charge in [-0.05, 0) is 47.4 Å². The van der Waals surface area contributed by atoms with Gasteiger partial charge in [-0.2, -0.15) is 4.31 Å². The lowest BCUT2D eigenvalue weighted by atomic mass is 10.1. The molecule has 9 nitrogen and oxygen atoms in total. The van der Waals surface area contributed by atoms with Crippen molar-refractivity contribution in [2.24, 2.45) is 0 Å². The molecule has 1 amide bonds. The summed E-state index contributed by atoms with van der Waals surface area (Å²) in [7, 11) is -0.949. The first-order valence-electron chi connectivity index (χ1n) is 11.8. The summed E-state index contributed by atoms with van der Waals surface area (Å²) >= 11 is 0. The van der Waals surface area contributed by atoms with Crippen LogP contribution in [0, 0.1) is 0 Å². The summed E-state index contributed by atoms with van der Waals surface area (Å²) in [4.78, 5) is 14.6. The maximum atomic E-state index is 13.8. The molecule has 3 aromatic carbocycles. The summed E-state index contributed by atoms with van der Waals surface area (Å²) in [6.07, 6.45) is 5.16. The first-order valence-corrected chi connectivity index (χ1v) is 13.3. The summed E-state index contributed by atoms with van der Waals surface area (Å²) in [6.45, 7) is 0.386. The number of hydrogen-bond donors (Lipinski definition) is 3. The summed E-state index contributed by atoms with van der Waals surface area (Å²) in [6, 6.07) is 19.6. The topological polar surface area (TPSA) is 121 Å². The Bertz CT molecular complexity index is 1540. The number of aromatic amines is 1. The molecule has 0 atom stereocenters. The van der Waals surface area contributed by atoms with E-state index in [4.69, 9.17) is 14.7 Å². The second kappa shape index (κ2) is 12.0. The lowest BCUT2D eigenvalue weighted by molar-refractivity contribution is -0.124. The molecule has 0 saturated carbocycles. The molecule has 0 spiro atoms. The number of para-hydroxylation sites is 1. The van der Waals surface area contributed by atoms with Crippen LogP contribution in [0.15, 0.2) is 83.9 Å². The van der Waals surface area contributed by atoms with Gasteiger partial charge in [0.1, 0.15) is 0 Å². The largest absolute Gasteiger partial charge is 0.493 e. The van der Waals surface area contributed by atoms with Crippen LogP contribution in [0.4, 0.5) is 0 Å². The smallest absolute Gasteiger partial charge is 0.267 e. The minimum absolute atomic E-state index is 0.101. The van der Waals surface area contributed by atoms with E-state index >= 15 is 0 Å². The number of amides is 1. The molecule has 3 N–H and O–H groups in total. The summed E-state index contributed by atoms with van der Waals surface area (Å²) < 4.78 is 39.7. The third kappa shape index (κ3) is 6.05. The molecule has 0 aliphatic rings. The predicted molar refractivity (Wildman–Crippen MR) is 145 cm³/mol. The van der Waals surface area contributed by atoms with Crippen molar-refractivity contribution < 1.29 is 27.9 Å². The molecule has 1 aromatic heterocycles. The minimum atomic E-state index is -3.91. The van der Waals surface area contributed by atoms with Gasteiger partial charge in [-0.25, -0.2) is 13.9 Å². The average Bonchev–Trinajstić information content (AvgIpc) is 3.37. The molecule has 10 heteroatoms. The Morgan fingerprint density at radius 1 is 1.03 bits per heavy atom. The van der Waals surface area contributed by atoms with E-state index in [1.54, 1.807) is 36.4 Å². The summed E-state index contributed by atoms with van der Waals surface area (Å²) in [5, 5.41) is 9.69. The number of carbonyl (C=O) groups is 1. The normalized spacial score (nSPS) is 11.8. The van der Waals surface area contributed by atoms with Crippen molar-refractivity contribution in [1.29, 1.82) is 0 Å². The Labute approximate surface area is 221 Å². The molecule has 4 rings (SSSR count). The molecule has 198 valence electrons. The molecular formula is C28H29N3O6S. The van der Waals surface area contributed by atoms with E-state index in [-0.39, 0.29) is 18.0 Å². The maximum Gasteiger partial charge on any atom is 0.267 e. The fourth-order valence-electron chi connectivity index (χ4n) is 4.14. The number of benzene rings is 3. The number of aromatic nitrogens is 1. The number of hydrogen-bond acceptors (Lipinski definition) is 6. The molecule has 0 aliphatic carbocycles. The third-order valence-electron chi connectivity index (χ3n) is 6.17. The Kier molecular flexibility index (Phi) is 8.47. The fraction of sp³-hybridized carbons (Fsp3) is 0.179. The molecule has 1 heterocycles. The number of sulfonamides is 1. The van der Waals surface area contributed by atoms with Crippen molar-refractivity contribution in [3.8, 4) is 11.5 Å². The highest BCUT2D eigenvalue weighted by molar-refractivity contribution is 7.89. The van der Waals surface area contributed by atoms with Gasteiger partial charge in [-0.3, -0.25) is 10.0 Å². The quantitative estimate of drug-likeness (QED) is 0.151. The number of hydroxylamine groups is 1. The van der Waals surface area contributed by atoms with Crippen molar-refractivity contribution >= 4 is 32.9 Å². The van der Waals surface area contributed by atoms with Crippen LogP contribution >= 0.6 is 0 Å². The van der Waals surface area contributed by atoms with Crippen molar-refractivity contribution in [3.63, 3.8) is 0 Å². The molecular weight excluding hydrogens is 506 g/mol. The third-order valence-corrected chi connectivity index (χ3v) is 8.02. The number of rotatable bonds is 11. The number of methoxy groups -OCH3 is 2. The van der Waals surface area contributed by atoms with Gasteiger partial charge in [0.25, 0.3) is 5.91 Å². The van der Waals surface area contributed by atoms with Crippen molar-refractivity contribution in [3.05, 3.63) is 95.7 Å². The highest BCUT2D eigenvalue weighted by Crippen LogP contribution is 2.31. The van der Waals surface area contributed by atoms with Crippen LogP contribution in [0.1, 0.15) is 16.7 Å². The molecule has 0 fully saturated rings. The zero-order valence-corrected chi connectivity index (χ0v) is 21.9. The van der Waals surface area contributed by atoms with E-state index < -0.39 is 15.9 Å². The van der Waals surface area contributed by atoms with Crippen molar-refractivity contribution in [2.75, 3.05) is 20.8 Å². The van der Waals surface area contributed by atoms with E-state index in [1.807, 2.05) is 30.5 Å². The van der Waals surface area contributed by atoms with E-state index in [1.165, 1.54) is 42.2 Å². The average molecular weight is 536 g/mol. The van der Waals surface area contributed by atoms with Gasteiger partial charge >= 0.3 is 0 Å². The molecule has 0 aliphatic heterocycles. The number of fused-ring (bicyclic) bond motifs is 1. The second-order valence-electron chi connectivity index (χ2n) is 8.52. The molecule has 38 heavy (non-hydrogen) atoms. The van der Waals surface area contributed by atoms with E-state index in [0.717, 1.165) is 27.6 Å². The standard InChI is InChI=1S/C28H29N3O6S/c1-36-26-13-12-23(17-27(26)37-2)38(34,35)31(16-15-22-18-29-25-6-4-3-5-24(22)25)19-21-9-7-20(8-10-21)11-14-28(32)30-33/h3-14,17-18,29,33H,15-16,19H2,1-2H3,(H,30,32). The van der Waals surface area contributed by atoms with Gasteiger partial charge in [0.15, 0.2) is 11.5 Å². The Balaban J connectivity index is 1.63. The number of nitrogens with zero attached hydrogens (tertiary/aromatic N) is 1. The second-order valence-corrected chi connectivity index (χ2v) is 10.5. The Morgan fingerprint density at radius 2 is 1.76 bits per heavy atom. The number of H-pyrrole nitrogens is 1. The van der Waals surface area contributed by atoms with E-state index in [0.29, 0.717) is 17.9 Å². The zero-order valence-electron chi connectivity index (χ0n) is 21.0. The van der Waals surface area contributed by atoms with Crippen molar-refractivity contribution in [2.45, 2.75) is 17.9 Å². The molecule has 4 aromatic rings. The van der Waals surface area contributed by atoms with Crippen molar-refractivity contribution in [1.82, 2.24) is 14.8 Å². The lowest BCUT2D eigenvalue weighted by Crippen LogP contribution is -2.32. The Morgan fingerprint density at radius 3 is 2.47 bits per heavy atom. The van der Waals surface area contributed by atoms with E-state index in [9.17, 15) is 13.2 Å². The van der Waals surface area contributed by atoms with Crippen LogP contribution in [0.25, 0.3) is 17.0 Å². The predicted octanol–water partition coefficient (Wildman–Crippen LogP) is 4.14. The van der Waals surface area contributed by atoms with Gasteiger partial charge in [-0.1, -0.05) is 42.5 Å². The van der Waals surface area contributed by atoms with Gasteiger partial charge in [0.05, 0.1) is 19.1 Å². The summed E-state index contributed by atoms with van der Waals surface area (Å²) in [5.41, 5.74) is 5.06. The molecule has 0 unspecified atom stereocenters. The van der Waals surface area contributed by atoms with Crippen LogP contribution in [0.2, 0.25) is 0 Å². The van der Waals surface area contributed by atoms with Crippen LogP contribution in [0.3, 0.4) is 0 Å². The molecule has 0 saturated heterocycles. The van der Waals surface area contributed by atoms with Gasteiger partial charge in [0, 0.05) is 42.3 Å². The maximum absolute atomic E-state index is 13.8. The molecule has 0 radical (unpaired) electrons. The fourth-order valence-corrected chi connectivity index (χ4v) is 5.59. The van der Waals surface area contributed by atoms with Gasteiger partial charge in [0.2, 0.25) is 10.0 Å². The number of ether oxygens (including phenoxy) is 2. The van der Waals surface area contributed by atoms with Crippen LogP contribution in [-0.4, -0.2) is 49.6 Å². The van der Waals surface area contributed by atoms with Gasteiger partial charge < -0.3 is 14.5 Å². The first-order chi connectivity index (χ1) is 18.3. The lowest BCUT2D eigenvalue weighted by Gasteiger charge is -2.23. The Hall–Kier alpha value is -4.12. The van der Waals surface area contributed by atoms with Gasteiger partial charge in [-0.15, -0.1) is 0 Å². The zero-order chi connectivity index (χ0) is 27.1. The van der Waals surface area contributed by atoms with Crippen LogP contribution < -0.4 is 15.0 Å². The summed E-state index contributed by atoms with van der Waals surface area (Å²) in [5.74, 6) is 0.127. The number of nitrogens with one attached hydrogen (secondary N) is 2. The highest BCUT2D eigenvalue weighted by atomic mass is 32.2. The first kappa shape index (κ1) is 26.9.